The van der Waals surface area contributed by atoms with Gasteiger partial charge in [0.05, 0.1) is 37.6 Å². The molecule has 1 aliphatic heterocycles. The van der Waals surface area contributed by atoms with Gasteiger partial charge in [0.2, 0.25) is 5.91 Å². The lowest BCUT2D eigenvalue weighted by atomic mass is 10.1. The maximum Gasteiger partial charge on any atom is 0.339 e. The van der Waals surface area contributed by atoms with Crippen LogP contribution in [0.15, 0.2) is 42.5 Å². The lowest BCUT2D eigenvalue weighted by Crippen LogP contribution is -2.48. The third-order valence-electron chi connectivity index (χ3n) is 5.25. The van der Waals surface area contributed by atoms with Crippen molar-refractivity contribution < 1.29 is 28.2 Å². The molecule has 170 valence electrons. The van der Waals surface area contributed by atoms with Crippen LogP contribution in [-0.4, -0.2) is 74.6 Å². The number of benzene rings is 2. The highest BCUT2D eigenvalue weighted by Gasteiger charge is 2.21. The molecule has 9 heteroatoms. The Morgan fingerprint density at radius 2 is 1.62 bits per heavy atom. The first-order valence-corrected chi connectivity index (χ1v) is 10.2. The summed E-state index contributed by atoms with van der Waals surface area (Å²) in [5.74, 6) is -1.76. The van der Waals surface area contributed by atoms with E-state index in [4.69, 9.17) is 9.47 Å². The standard InChI is InChI=1S/C23H26FN3O5/c1-31-22(29)17-6-7-19(23(30)32-2)20(13-17)25-21(28)15-27-10-8-26(9-11-27)14-16-4-3-5-18(24)12-16/h3-7,12-13H,8-11,14-15H2,1-2H3,(H,25,28). The highest BCUT2D eigenvalue weighted by molar-refractivity contribution is 6.03. The number of nitrogens with one attached hydrogen (secondary N) is 1. The zero-order valence-corrected chi connectivity index (χ0v) is 18.1. The molecule has 0 radical (unpaired) electrons. The fourth-order valence-corrected chi connectivity index (χ4v) is 3.57. The van der Waals surface area contributed by atoms with Crippen molar-refractivity contribution >= 4 is 23.5 Å². The Morgan fingerprint density at radius 1 is 0.938 bits per heavy atom. The monoisotopic (exact) mass is 443 g/mol. The molecule has 3 rings (SSSR count). The van der Waals surface area contributed by atoms with E-state index in [2.05, 4.69) is 10.2 Å². The van der Waals surface area contributed by atoms with Crippen LogP contribution in [0.5, 0.6) is 0 Å². The first-order valence-electron chi connectivity index (χ1n) is 10.2. The average molecular weight is 443 g/mol. The van der Waals surface area contributed by atoms with E-state index in [0.29, 0.717) is 19.6 Å². The minimum Gasteiger partial charge on any atom is -0.465 e. The van der Waals surface area contributed by atoms with Crippen LogP contribution in [0.2, 0.25) is 0 Å². The summed E-state index contributed by atoms with van der Waals surface area (Å²) in [4.78, 5) is 40.7. The van der Waals surface area contributed by atoms with Gasteiger partial charge in [0.15, 0.2) is 0 Å². The quantitative estimate of drug-likeness (QED) is 0.656. The Morgan fingerprint density at radius 3 is 2.28 bits per heavy atom. The van der Waals surface area contributed by atoms with E-state index in [-0.39, 0.29) is 35.1 Å². The number of methoxy groups -OCH3 is 2. The number of hydrogen-bond donors (Lipinski definition) is 1. The minimum atomic E-state index is -0.623. The maximum absolute atomic E-state index is 13.4. The number of esters is 2. The lowest BCUT2D eigenvalue weighted by molar-refractivity contribution is -0.117. The van der Waals surface area contributed by atoms with Crippen molar-refractivity contribution in [2.24, 2.45) is 0 Å². The van der Waals surface area contributed by atoms with Gasteiger partial charge in [-0.3, -0.25) is 14.6 Å². The molecule has 1 heterocycles. The number of rotatable bonds is 7. The summed E-state index contributed by atoms with van der Waals surface area (Å²) >= 11 is 0. The molecule has 1 saturated heterocycles. The summed E-state index contributed by atoms with van der Waals surface area (Å²) in [6.07, 6.45) is 0. The zero-order chi connectivity index (χ0) is 23.1. The molecule has 0 aliphatic carbocycles. The predicted molar refractivity (Wildman–Crippen MR) is 116 cm³/mol. The molecule has 2 aromatic rings. The lowest BCUT2D eigenvalue weighted by Gasteiger charge is -2.34. The predicted octanol–water partition coefficient (Wildman–Crippen LogP) is 2.16. The summed E-state index contributed by atoms with van der Waals surface area (Å²) in [5, 5.41) is 2.71. The first-order chi connectivity index (χ1) is 15.4. The van der Waals surface area contributed by atoms with E-state index < -0.39 is 11.9 Å². The van der Waals surface area contributed by atoms with Gasteiger partial charge in [-0.25, -0.2) is 14.0 Å². The van der Waals surface area contributed by atoms with Crippen LogP contribution in [0, 0.1) is 5.82 Å². The molecule has 32 heavy (non-hydrogen) atoms. The van der Waals surface area contributed by atoms with Crippen molar-refractivity contribution in [3.8, 4) is 0 Å². The van der Waals surface area contributed by atoms with E-state index in [0.717, 1.165) is 18.7 Å². The van der Waals surface area contributed by atoms with Gasteiger partial charge in [0, 0.05) is 32.7 Å². The zero-order valence-electron chi connectivity index (χ0n) is 18.1. The van der Waals surface area contributed by atoms with Crippen molar-refractivity contribution in [1.29, 1.82) is 0 Å². The van der Waals surface area contributed by atoms with Gasteiger partial charge in [-0.2, -0.15) is 0 Å². The largest absolute Gasteiger partial charge is 0.465 e. The van der Waals surface area contributed by atoms with Gasteiger partial charge in [-0.05, 0) is 35.9 Å². The van der Waals surface area contributed by atoms with Crippen molar-refractivity contribution in [2.75, 3.05) is 52.3 Å². The Balaban J connectivity index is 1.57. The Labute approximate surface area is 185 Å². The van der Waals surface area contributed by atoms with Gasteiger partial charge in [-0.15, -0.1) is 0 Å². The molecule has 8 nitrogen and oxygen atoms in total. The molecule has 0 unspecified atom stereocenters. The number of ether oxygens (including phenoxy) is 2. The number of nitrogens with zero attached hydrogens (tertiary/aromatic N) is 2. The fourth-order valence-electron chi connectivity index (χ4n) is 3.57. The number of anilines is 1. The van der Waals surface area contributed by atoms with Gasteiger partial charge in [-0.1, -0.05) is 12.1 Å². The molecular formula is C23H26FN3O5. The number of hydrogen-bond acceptors (Lipinski definition) is 7. The fraction of sp³-hybridized carbons (Fsp3) is 0.348. The topological polar surface area (TPSA) is 88.2 Å². The second-order valence-electron chi connectivity index (χ2n) is 7.47. The van der Waals surface area contributed by atoms with E-state index in [9.17, 15) is 18.8 Å². The van der Waals surface area contributed by atoms with Crippen LogP contribution in [-0.2, 0) is 20.8 Å². The second-order valence-corrected chi connectivity index (χ2v) is 7.47. The van der Waals surface area contributed by atoms with Crippen LogP contribution < -0.4 is 5.32 Å². The molecule has 1 fully saturated rings. The van der Waals surface area contributed by atoms with Crippen molar-refractivity contribution in [3.05, 3.63) is 65.0 Å². The number of carbonyl (C=O) groups is 3. The highest BCUT2D eigenvalue weighted by Crippen LogP contribution is 2.20. The smallest absolute Gasteiger partial charge is 0.339 e. The normalized spacial score (nSPS) is 14.6. The van der Waals surface area contributed by atoms with E-state index in [1.54, 1.807) is 6.07 Å². The molecule has 1 aliphatic rings. The summed E-state index contributed by atoms with van der Waals surface area (Å²) in [6.45, 7) is 3.63. The third-order valence-corrected chi connectivity index (χ3v) is 5.25. The number of piperazine rings is 1. The number of carbonyl (C=O) groups excluding carboxylic acids is 3. The molecule has 2 aromatic carbocycles. The second kappa shape index (κ2) is 10.8. The summed E-state index contributed by atoms with van der Waals surface area (Å²) in [7, 11) is 2.49. The van der Waals surface area contributed by atoms with Crippen LogP contribution >= 0.6 is 0 Å². The van der Waals surface area contributed by atoms with Crippen LogP contribution in [0.1, 0.15) is 26.3 Å². The maximum atomic E-state index is 13.4. The molecule has 0 bridgehead atoms. The molecule has 0 atom stereocenters. The van der Waals surface area contributed by atoms with Gasteiger partial charge < -0.3 is 14.8 Å². The summed E-state index contributed by atoms with van der Waals surface area (Å²) < 4.78 is 22.8. The van der Waals surface area contributed by atoms with Gasteiger partial charge in [0.25, 0.3) is 0 Å². The van der Waals surface area contributed by atoms with Crippen LogP contribution in [0.4, 0.5) is 10.1 Å². The van der Waals surface area contributed by atoms with E-state index >= 15 is 0 Å². The molecule has 0 aromatic heterocycles. The van der Waals surface area contributed by atoms with Crippen LogP contribution in [0.3, 0.4) is 0 Å². The molecule has 1 amide bonds. The minimum absolute atomic E-state index is 0.136. The summed E-state index contributed by atoms with van der Waals surface area (Å²) in [6, 6.07) is 10.8. The van der Waals surface area contributed by atoms with Crippen LogP contribution in [0.25, 0.3) is 0 Å². The van der Waals surface area contributed by atoms with Crippen molar-refractivity contribution in [3.63, 3.8) is 0 Å². The Bertz CT molecular complexity index is 989. The third kappa shape index (κ3) is 6.12. The molecular weight excluding hydrogens is 417 g/mol. The SMILES string of the molecule is COC(=O)c1ccc(C(=O)OC)c(NC(=O)CN2CCN(Cc3cccc(F)c3)CC2)c1. The Kier molecular flexibility index (Phi) is 7.91. The average Bonchev–Trinajstić information content (AvgIpc) is 2.79. The molecule has 1 N–H and O–H groups in total. The molecule has 0 saturated carbocycles. The van der Waals surface area contributed by atoms with Crippen molar-refractivity contribution in [2.45, 2.75) is 6.54 Å². The molecule has 0 spiro atoms. The number of halogens is 1. The van der Waals surface area contributed by atoms with Gasteiger partial charge >= 0.3 is 11.9 Å². The van der Waals surface area contributed by atoms with Crippen molar-refractivity contribution in [1.82, 2.24) is 9.80 Å². The van der Waals surface area contributed by atoms with Gasteiger partial charge in [0.1, 0.15) is 5.82 Å². The Hall–Kier alpha value is -3.30. The number of amides is 1. The van der Waals surface area contributed by atoms with E-state index in [1.165, 1.54) is 44.6 Å². The summed E-state index contributed by atoms with van der Waals surface area (Å²) in [5.41, 5.74) is 1.46. The highest BCUT2D eigenvalue weighted by atomic mass is 19.1. The van der Waals surface area contributed by atoms with E-state index in [1.807, 2.05) is 11.0 Å². The first kappa shape index (κ1) is 23.4.